The number of piperidine rings is 1. The van der Waals surface area contributed by atoms with E-state index in [1.807, 2.05) is 114 Å². The van der Waals surface area contributed by atoms with Gasteiger partial charge in [0.2, 0.25) is 23.6 Å². The fraction of sp³-hybridized carbons (Fsp3) is 0.623. The number of ether oxygens (including phenoxy) is 2. The van der Waals surface area contributed by atoms with Crippen molar-refractivity contribution in [1.29, 1.82) is 0 Å². The standard InChI is InChI=1S/C53H80N7O9/c1-35(2)30-40(56-50(66)69-51(5,6)7)27-26-39(31-37-20-14-12-15-21-37)48(64)59-29-19-25-43(59)46(62)58-44(36(3)4)47(63)57-42(24-18-28-54-49(65)68-34-38-22-16-13-17-23-38)45(61)55-41-32-52(8,9)60(67)53(10,11)33-41/h12-17,20-23,26-27,35-36,39-44H,18-19,24-25,28-34H2,1-11H3,(H,54,65)(H,55,61)(H,56,66)(H,57,63)(H,58,62)/b27-26+/t39-,40-,42+,43+,44+/m1/s1. The van der Waals surface area contributed by atoms with Gasteiger partial charge in [-0.25, -0.2) is 9.59 Å². The number of carbonyl (C=O) groups is 6. The quantitative estimate of drug-likeness (QED) is 0.0636. The van der Waals surface area contributed by atoms with Crippen molar-refractivity contribution < 1.29 is 43.4 Å². The van der Waals surface area contributed by atoms with E-state index in [4.69, 9.17) is 9.47 Å². The number of hydrogen-bond acceptors (Lipinski definition) is 9. The van der Waals surface area contributed by atoms with Gasteiger partial charge in [-0.3, -0.25) is 19.2 Å². The van der Waals surface area contributed by atoms with Crippen LogP contribution in [-0.2, 0) is 46.9 Å². The van der Waals surface area contributed by atoms with Crippen LogP contribution in [0, 0.1) is 17.8 Å². The Morgan fingerprint density at radius 2 is 1.41 bits per heavy atom. The highest BCUT2D eigenvalue weighted by Crippen LogP contribution is 2.37. The minimum atomic E-state index is -1.06. The van der Waals surface area contributed by atoms with Crippen molar-refractivity contribution in [2.45, 2.75) is 181 Å². The van der Waals surface area contributed by atoms with Gasteiger partial charge in [0.05, 0.1) is 12.0 Å². The summed E-state index contributed by atoms with van der Waals surface area (Å²) in [6.07, 6.45) is 5.66. The van der Waals surface area contributed by atoms with Gasteiger partial charge in [0.25, 0.3) is 0 Å². The molecule has 16 nitrogen and oxygen atoms in total. The zero-order valence-corrected chi connectivity index (χ0v) is 42.9. The highest BCUT2D eigenvalue weighted by Gasteiger charge is 2.47. The number of amides is 6. The molecule has 69 heavy (non-hydrogen) atoms. The molecule has 0 aromatic heterocycles. The number of hydrogen-bond donors (Lipinski definition) is 5. The average molecular weight is 959 g/mol. The Labute approximate surface area is 410 Å². The normalized spacial score (nSPS) is 19.0. The molecular weight excluding hydrogens is 879 g/mol. The molecule has 5 atom stereocenters. The summed E-state index contributed by atoms with van der Waals surface area (Å²) in [6.45, 7) is 21.0. The van der Waals surface area contributed by atoms with E-state index in [0.29, 0.717) is 51.5 Å². The molecular formula is C53H80N7O9. The summed E-state index contributed by atoms with van der Waals surface area (Å²) < 4.78 is 10.9. The Hall–Kier alpha value is -5.48. The molecule has 2 aliphatic rings. The smallest absolute Gasteiger partial charge is 0.408 e. The lowest BCUT2D eigenvalue weighted by Gasteiger charge is -2.50. The Kier molecular flexibility index (Phi) is 20.7. The number of nitrogens with zero attached hydrogens (tertiary/aromatic N) is 2. The first-order chi connectivity index (χ1) is 32.3. The van der Waals surface area contributed by atoms with Crippen molar-refractivity contribution in [3.8, 4) is 0 Å². The third kappa shape index (κ3) is 18.1. The van der Waals surface area contributed by atoms with Crippen LogP contribution in [0.5, 0.6) is 0 Å². The molecule has 2 fully saturated rings. The van der Waals surface area contributed by atoms with Gasteiger partial charge in [-0.2, -0.15) is 0 Å². The maximum absolute atomic E-state index is 14.6. The number of hydroxylamine groups is 2. The van der Waals surface area contributed by atoms with Gasteiger partial charge < -0.3 is 41.0 Å². The fourth-order valence-electron chi connectivity index (χ4n) is 9.30. The largest absolute Gasteiger partial charge is 0.445 e. The van der Waals surface area contributed by atoms with Crippen LogP contribution in [-0.4, -0.2) is 106 Å². The SMILES string of the molecule is CC(C)C[C@@H](/C=C/[C@H](Cc1ccccc1)C(=O)N1CCC[C@H]1C(=O)N[C@H](C(=O)N[C@@H](CCCNC(=O)OCc1ccccc1)C(=O)NC1CC(C)(C)N([O])C(C)(C)C1)C(C)C)NC(=O)OC(C)(C)C. The predicted octanol–water partition coefficient (Wildman–Crippen LogP) is 7.15. The second-order valence-electron chi connectivity index (χ2n) is 21.7. The average Bonchev–Trinajstić information content (AvgIpc) is 3.76. The lowest BCUT2D eigenvalue weighted by atomic mass is 9.79. The number of nitrogens with one attached hydrogen (secondary N) is 5. The summed E-state index contributed by atoms with van der Waals surface area (Å²) in [5.74, 6) is -2.59. The van der Waals surface area contributed by atoms with E-state index in [9.17, 15) is 34.0 Å². The van der Waals surface area contributed by atoms with Gasteiger partial charge in [-0.15, -0.1) is 10.3 Å². The molecule has 0 aliphatic carbocycles. The van der Waals surface area contributed by atoms with E-state index >= 15 is 0 Å². The Balaban J connectivity index is 1.50. The highest BCUT2D eigenvalue weighted by atomic mass is 16.6. The van der Waals surface area contributed by atoms with Crippen LogP contribution in [0.3, 0.4) is 0 Å². The first kappa shape index (κ1) is 56.1. The molecule has 381 valence electrons. The highest BCUT2D eigenvalue weighted by molar-refractivity contribution is 5.95. The van der Waals surface area contributed by atoms with Crippen LogP contribution in [0.25, 0.3) is 0 Å². The molecule has 0 unspecified atom stereocenters. The van der Waals surface area contributed by atoms with Crippen LogP contribution in [0.4, 0.5) is 9.59 Å². The molecule has 0 saturated carbocycles. The van der Waals surface area contributed by atoms with Crippen molar-refractivity contribution in [3.63, 3.8) is 0 Å². The van der Waals surface area contributed by atoms with Gasteiger partial charge in [0.1, 0.15) is 30.3 Å². The van der Waals surface area contributed by atoms with E-state index in [0.717, 1.165) is 16.2 Å². The van der Waals surface area contributed by atoms with E-state index in [1.165, 1.54) is 0 Å². The minimum Gasteiger partial charge on any atom is -0.445 e. The van der Waals surface area contributed by atoms with Gasteiger partial charge in [-0.05, 0) is 123 Å². The maximum atomic E-state index is 14.6. The molecule has 0 spiro atoms. The van der Waals surface area contributed by atoms with Crippen molar-refractivity contribution in [1.82, 2.24) is 36.5 Å². The van der Waals surface area contributed by atoms with Crippen LogP contribution in [0.1, 0.15) is 132 Å². The molecule has 2 aromatic carbocycles. The van der Waals surface area contributed by atoms with E-state index in [-0.39, 0.29) is 37.4 Å². The van der Waals surface area contributed by atoms with E-state index in [2.05, 4.69) is 26.6 Å². The summed E-state index contributed by atoms with van der Waals surface area (Å²) >= 11 is 0. The van der Waals surface area contributed by atoms with Gasteiger partial charge in [-0.1, -0.05) is 101 Å². The zero-order valence-electron chi connectivity index (χ0n) is 42.9. The van der Waals surface area contributed by atoms with E-state index in [1.54, 1.807) is 39.5 Å². The number of alkyl carbamates (subject to hydrolysis) is 2. The topological polar surface area (TPSA) is 207 Å². The molecule has 1 radical (unpaired) electrons. The van der Waals surface area contributed by atoms with Crippen LogP contribution in [0.15, 0.2) is 72.8 Å². The zero-order chi connectivity index (χ0) is 51.1. The number of rotatable bonds is 21. The van der Waals surface area contributed by atoms with Crippen LogP contribution >= 0.6 is 0 Å². The fourth-order valence-corrected chi connectivity index (χ4v) is 9.30. The Morgan fingerprint density at radius 3 is 1.99 bits per heavy atom. The van der Waals surface area contributed by atoms with Gasteiger partial charge in [0.15, 0.2) is 0 Å². The van der Waals surface area contributed by atoms with Gasteiger partial charge >= 0.3 is 12.2 Å². The molecule has 5 N–H and O–H groups in total. The third-order valence-electron chi connectivity index (χ3n) is 12.4. The Morgan fingerprint density at radius 1 is 0.797 bits per heavy atom. The van der Waals surface area contributed by atoms with E-state index < -0.39 is 82.6 Å². The third-order valence-corrected chi connectivity index (χ3v) is 12.4. The van der Waals surface area contributed by atoms with Crippen molar-refractivity contribution >= 4 is 35.8 Å². The number of carbonyl (C=O) groups excluding carboxylic acids is 6. The van der Waals surface area contributed by atoms with Crippen molar-refractivity contribution in [3.05, 3.63) is 83.9 Å². The Bertz CT molecular complexity index is 2020. The predicted molar refractivity (Wildman–Crippen MR) is 265 cm³/mol. The molecule has 6 amide bonds. The minimum absolute atomic E-state index is 0.0942. The molecule has 2 heterocycles. The lowest BCUT2D eigenvalue weighted by Crippen LogP contribution is -2.64. The van der Waals surface area contributed by atoms with Crippen molar-refractivity contribution in [2.24, 2.45) is 17.8 Å². The summed E-state index contributed by atoms with van der Waals surface area (Å²) in [5.41, 5.74) is -0.429. The second-order valence-corrected chi connectivity index (χ2v) is 21.7. The van der Waals surface area contributed by atoms with Crippen molar-refractivity contribution in [2.75, 3.05) is 13.1 Å². The van der Waals surface area contributed by atoms with Crippen LogP contribution < -0.4 is 26.6 Å². The number of benzene rings is 2. The monoisotopic (exact) mass is 959 g/mol. The molecule has 4 rings (SSSR count). The molecule has 0 bridgehead atoms. The summed E-state index contributed by atoms with van der Waals surface area (Å²) in [4.78, 5) is 84.3. The number of likely N-dealkylation sites (tertiary alicyclic amines) is 1. The summed E-state index contributed by atoms with van der Waals surface area (Å²) in [5, 5.41) is 28.8. The van der Waals surface area contributed by atoms with Crippen LogP contribution in [0.2, 0.25) is 0 Å². The van der Waals surface area contributed by atoms with Gasteiger partial charge in [0, 0.05) is 30.2 Å². The lowest BCUT2D eigenvalue weighted by molar-refractivity contribution is -0.290. The molecule has 2 aromatic rings. The first-order valence-electron chi connectivity index (χ1n) is 24.7. The summed E-state index contributed by atoms with van der Waals surface area (Å²) in [7, 11) is 0. The molecule has 2 aliphatic heterocycles. The maximum Gasteiger partial charge on any atom is 0.408 e. The second kappa shape index (κ2) is 25.4. The molecule has 16 heteroatoms. The summed E-state index contributed by atoms with van der Waals surface area (Å²) in [6, 6.07) is 15.1. The first-order valence-corrected chi connectivity index (χ1v) is 24.7. The molecule has 2 saturated heterocycles.